The second kappa shape index (κ2) is 5.22. The second-order valence-electron chi connectivity index (χ2n) is 3.19. The fourth-order valence-corrected chi connectivity index (χ4v) is 1.78. The predicted octanol–water partition coefficient (Wildman–Crippen LogP) is 2.16. The molecule has 0 saturated carbocycles. The van der Waals surface area contributed by atoms with Gasteiger partial charge in [-0.3, -0.25) is 0 Å². The van der Waals surface area contributed by atoms with Crippen molar-refractivity contribution in [3.63, 3.8) is 0 Å². The maximum absolute atomic E-state index is 5.43. The summed E-state index contributed by atoms with van der Waals surface area (Å²) in [4.78, 5) is 4.28. The zero-order chi connectivity index (χ0) is 10.6. The van der Waals surface area contributed by atoms with E-state index in [2.05, 4.69) is 16.9 Å². The second-order valence-corrected chi connectivity index (χ2v) is 4.12. The van der Waals surface area contributed by atoms with Crippen molar-refractivity contribution in [1.29, 1.82) is 0 Å². The minimum Gasteiger partial charge on any atom is -0.437 e. The van der Waals surface area contributed by atoms with Gasteiger partial charge in [0.25, 0.3) is 5.22 Å². The normalized spacial score (nSPS) is 10.5. The Morgan fingerprint density at radius 3 is 2.79 bits per heavy atom. The molecule has 78 valence electrons. The molecule has 0 unspecified atom stereocenters. The number of nitrogens with one attached hydrogen (secondary N) is 1. The van der Waals surface area contributed by atoms with E-state index in [-0.39, 0.29) is 0 Å². The zero-order valence-corrected chi connectivity index (χ0v) is 9.70. The molecule has 1 rings (SSSR count). The molecule has 4 heteroatoms. The molecule has 0 saturated heterocycles. The number of thioether (sulfide) groups is 1. The first-order chi connectivity index (χ1) is 6.63. The van der Waals surface area contributed by atoms with Crippen LogP contribution in [0.5, 0.6) is 0 Å². The molecule has 0 fully saturated rings. The SMILES string of the molecule is C=C(CNC)CSc1nc(C)c(C)o1. The Morgan fingerprint density at radius 1 is 1.57 bits per heavy atom. The standard InChI is InChI=1S/C10H16N2OS/c1-7(5-11-4)6-14-10-12-8(2)9(3)13-10/h11H,1,5-6H2,2-4H3. The Bertz CT molecular complexity index is 300. The molecule has 1 aromatic heterocycles. The van der Waals surface area contributed by atoms with Crippen LogP contribution in [0.15, 0.2) is 21.8 Å². The Balaban J connectivity index is 2.42. The average Bonchev–Trinajstić information content (AvgIpc) is 2.44. The molecule has 14 heavy (non-hydrogen) atoms. The van der Waals surface area contributed by atoms with Gasteiger partial charge in [-0.1, -0.05) is 23.9 Å². The number of aryl methyl sites for hydroxylation is 2. The van der Waals surface area contributed by atoms with E-state index in [1.165, 1.54) is 0 Å². The maximum atomic E-state index is 5.43. The third kappa shape index (κ3) is 3.20. The first-order valence-corrected chi connectivity index (χ1v) is 5.50. The predicted molar refractivity (Wildman–Crippen MR) is 59.8 cm³/mol. The first-order valence-electron chi connectivity index (χ1n) is 4.51. The lowest BCUT2D eigenvalue weighted by atomic mass is 10.3. The maximum Gasteiger partial charge on any atom is 0.256 e. The number of hydrogen-bond acceptors (Lipinski definition) is 4. The summed E-state index contributed by atoms with van der Waals surface area (Å²) in [6.45, 7) is 8.65. The van der Waals surface area contributed by atoms with Gasteiger partial charge in [0.05, 0.1) is 5.69 Å². The number of likely N-dealkylation sites (N-methyl/N-ethyl adjacent to an activating group) is 1. The van der Waals surface area contributed by atoms with Gasteiger partial charge in [-0.2, -0.15) is 0 Å². The zero-order valence-electron chi connectivity index (χ0n) is 8.89. The summed E-state index contributed by atoms with van der Waals surface area (Å²) in [5.74, 6) is 1.74. The Kier molecular flexibility index (Phi) is 4.22. The van der Waals surface area contributed by atoms with E-state index in [1.807, 2.05) is 20.9 Å². The number of aromatic nitrogens is 1. The summed E-state index contributed by atoms with van der Waals surface area (Å²) in [6, 6.07) is 0. The third-order valence-electron chi connectivity index (χ3n) is 1.84. The summed E-state index contributed by atoms with van der Waals surface area (Å²) >= 11 is 1.59. The van der Waals surface area contributed by atoms with Crippen LogP contribution in [0, 0.1) is 13.8 Å². The van der Waals surface area contributed by atoms with Crippen LogP contribution in [0.4, 0.5) is 0 Å². The lowest BCUT2D eigenvalue weighted by Crippen LogP contribution is -2.10. The summed E-state index contributed by atoms with van der Waals surface area (Å²) < 4.78 is 5.43. The van der Waals surface area contributed by atoms with E-state index in [9.17, 15) is 0 Å². The van der Waals surface area contributed by atoms with Crippen molar-refractivity contribution in [2.24, 2.45) is 0 Å². The summed E-state index contributed by atoms with van der Waals surface area (Å²) in [7, 11) is 1.91. The van der Waals surface area contributed by atoms with E-state index in [0.717, 1.165) is 34.5 Å². The molecule has 0 aromatic carbocycles. The van der Waals surface area contributed by atoms with E-state index in [4.69, 9.17) is 4.42 Å². The highest BCUT2D eigenvalue weighted by molar-refractivity contribution is 7.99. The van der Waals surface area contributed by atoms with Crippen LogP contribution in [-0.4, -0.2) is 24.3 Å². The van der Waals surface area contributed by atoms with Crippen LogP contribution >= 0.6 is 11.8 Å². The first kappa shape index (κ1) is 11.3. The van der Waals surface area contributed by atoms with Gasteiger partial charge in [0.15, 0.2) is 0 Å². The Hall–Kier alpha value is -0.740. The molecule has 0 amide bonds. The molecule has 0 radical (unpaired) electrons. The molecule has 1 aromatic rings. The van der Waals surface area contributed by atoms with Crippen LogP contribution in [0.3, 0.4) is 0 Å². The molecule has 0 aliphatic rings. The van der Waals surface area contributed by atoms with Crippen molar-refractivity contribution in [2.45, 2.75) is 19.1 Å². The average molecular weight is 212 g/mol. The van der Waals surface area contributed by atoms with Crippen molar-refractivity contribution in [1.82, 2.24) is 10.3 Å². The van der Waals surface area contributed by atoms with Gasteiger partial charge < -0.3 is 9.73 Å². The van der Waals surface area contributed by atoms with Crippen LogP contribution < -0.4 is 5.32 Å². The van der Waals surface area contributed by atoms with Gasteiger partial charge >= 0.3 is 0 Å². The van der Waals surface area contributed by atoms with Crippen LogP contribution in [0.2, 0.25) is 0 Å². The topological polar surface area (TPSA) is 38.1 Å². The highest BCUT2D eigenvalue weighted by Crippen LogP contribution is 2.21. The van der Waals surface area contributed by atoms with Crippen molar-refractivity contribution >= 4 is 11.8 Å². The van der Waals surface area contributed by atoms with Gasteiger partial charge in [0.2, 0.25) is 0 Å². The summed E-state index contributed by atoms with van der Waals surface area (Å²) in [5, 5.41) is 3.79. The minimum absolute atomic E-state index is 0.734. The third-order valence-corrected chi connectivity index (χ3v) is 2.81. The van der Waals surface area contributed by atoms with E-state index in [0.29, 0.717) is 0 Å². The lowest BCUT2D eigenvalue weighted by Gasteiger charge is -2.01. The van der Waals surface area contributed by atoms with Gasteiger partial charge in [0, 0.05) is 12.3 Å². The van der Waals surface area contributed by atoms with Crippen molar-refractivity contribution < 1.29 is 4.42 Å². The Labute approximate surface area is 89.0 Å². The highest BCUT2D eigenvalue weighted by Gasteiger charge is 2.06. The quantitative estimate of drug-likeness (QED) is 0.599. The molecule has 0 spiro atoms. The fraction of sp³-hybridized carbons (Fsp3) is 0.500. The van der Waals surface area contributed by atoms with Crippen molar-refractivity contribution in [3.05, 3.63) is 23.6 Å². The minimum atomic E-state index is 0.734. The lowest BCUT2D eigenvalue weighted by molar-refractivity contribution is 0.431. The fourth-order valence-electron chi connectivity index (χ4n) is 0.970. The monoisotopic (exact) mass is 212 g/mol. The summed E-state index contributed by atoms with van der Waals surface area (Å²) in [5.41, 5.74) is 2.11. The molecular formula is C10H16N2OS. The molecule has 1 N–H and O–H groups in total. The van der Waals surface area contributed by atoms with E-state index < -0.39 is 0 Å². The van der Waals surface area contributed by atoms with E-state index >= 15 is 0 Å². The molecule has 0 bridgehead atoms. The largest absolute Gasteiger partial charge is 0.437 e. The van der Waals surface area contributed by atoms with Crippen molar-refractivity contribution in [3.8, 4) is 0 Å². The molecular weight excluding hydrogens is 196 g/mol. The van der Waals surface area contributed by atoms with Gasteiger partial charge in [-0.25, -0.2) is 4.98 Å². The number of rotatable bonds is 5. The van der Waals surface area contributed by atoms with Crippen molar-refractivity contribution in [2.75, 3.05) is 19.3 Å². The Morgan fingerprint density at radius 2 is 2.29 bits per heavy atom. The van der Waals surface area contributed by atoms with Gasteiger partial charge in [0.1, 0.15) is 5.76 Å². The smallest absolute Gasteiger partial charge is 0.256 e. The van der Waals surface area contributed by atoms with Gasteiger partial charge in [-0.15, -0.1) is 0 Å². The summed E-state index contributed by atoms with van der Waals surface area (Å²) in [6.07, 6.45) is 0. The number of oxazole rings is 1. The molecule has 3 nitrogen and oxygen atoms in total. The van der Waals surface area contributed by atoms with Crippen LogP contribution in [-0.2, 0) is 0 Å². The molecule has 0 aliphatic carbocycles. The molecule has 0 aliphatic heterocycles. The highest BCUT2D eigenvalue weighted by atomic mass is 32.2. The van der Waals surface area contributed by atoms with Crippen LogP contribution in [0.1, 0.15) is 11.5 Å². The number of nitrogens with zero attached hydrogens (tertiary/aromatic N) is 1. The number of hydrogen-bond donors (Lipinski definition) is 1. The van der Waals surface area contributed by atoms with E-state index in [1.54, 1.807) is 11.8 Å². The van der Waals surface area contributed by atoms with Gasteiger partial charge in [-0.05, 0) is 20.9 Å². The molecule has 0 atom stereocenters. The molecule has 1 heterocycles. The van der Waals surface area contributed by atoms with Crippen LogP contribution in [0.25, 0.3) is 0 Å².